The van der Waals surface area contributed by atoms with E-state index in [1.165, 1.54) is 0 Å². The molecule has 0 spiro atoms. The molecule has 0 aromatic heterocycles. The van der Waals surface area contributed by atoms with Crippen molar-refractivity contribution in [2.45, 2.75) is 20.1 Å². The van der Waals surface area contributed by atoms with Gasteiger partial charge in [0.25, 0.3) is 0 Å². The molecule has 100 valence electrons. The largest absolute Gasteiger partial charge is 0.380 e. The maximum absolute atomic E-state index is 11.7. The highest BCUT2D eigenvalue weighted by atomic mass is 16.5. The van der Waals surface area contributed by atoms with E-state index in [1.807, 2.05) is 38.2 Å². The highest BCUT2D eigenvalue weighted by molar-refractivity contribution is 5.78. The summed E-state index contributed by atoms with van der Waals surface area (Å²) in [5.41, 5.74) is 2.23. The smallest absolute Gasteiger partial charge is 0.224 e. The summed E-state index contributed by atoms with van der Waals surface area (Å²) in [6, 6.07) is 8.05. The van der Waals surface area contributed by atoms with Crippen LogP contribution in [-0.4, -0.2) is 26.6 Å². The highest BCUT2D eigenvalue weighted by Gasteiger charge is 2.10. The molecule has 0 aliphatic rings. The number of amides is 1. The molecule has 4 nitrogen and oxygen atoms in total. The van der Waals surface area contributed by atoms with Gasteiger partial charge in [0.2, 0.25) is 5.91 Å². The van der Waals surface area contributed by atoms with Crippen molar-refractivity contribution < 1.29 is 9.53 Å². The van der Waals surface area contributed by atoms with E-state index < -0.39 is 0 Å². The molecule has 0 aliphatic heterocycles. The summed E-state index contributed by atoms with van der Waals surface area (Å²) in [5, 5.41) is 5.92. The number of hydrogen-bond donors (Lipinski definition) is 2. The van der Waals surface area contributed by atoms with Crippen LogP contribution in [0.4, 0.5) is 0 Å². The Bertz CT molecular complexity index is 363. The van der Waals surface area contributed by atoms with E-state index in [2.05, 4.69) is 10.6 Å². The van der Waals surface area contributed by atoms with Crippen LogP contribution in [0.1, 0.15) is 18.1 Å². The molecule has 18 heavy (non-hydrogen) atoms. The molecule has 0 saturated heterocycles. The van der Waals surface area contributed by atoms with E-state index in [1.54, 1.807) is 7.11 Å². The van der Waals surface area contributed by atoms with Crippen molar-refractivity contribution in [2.75, 3.05) is 20.7 Å². The Labute approximate surface area is 109 Å². The number of benzene rings is 1. The van der Waals surface area contributed by atoms with Crippen LogP contribution < -0.4 is 10.6 Å². The first-order chi connectivity index (χ1) is 8.67. The monoisotopic (exact) mass is 250 g/mol. The molecule has 0 heterocycles. The molecule has 1 aromatic rings. The van der Waals surface area contributed by atoms with Crippen LogP contribution in [0.25, 0.3) is 0 Å². The fourth-order valence-electron chi connectivity index (χ4n) is 1.68. The van der Waals surface area contributed by atoms with Gasteiger partial charge < -0.3 is 15.4 Å². The van der Waals surface area contributed by atoms with Crippen LogP contribution in [0.15, 0.2) is 24.3 Å². The zero-order valence-corrected chi connectivity index (χ0v) is 11.3. The zero-order valence-electron chi connectivity index (χ0n) is 11.3. The van der Waals surface area contributed by atoms with Crippen LogP contribution in [-0.2, 0) is 22.7 Å². The lowest BCUT2D eigenvalue weighted by atomic mass is 10.1. The SMILES string of the molecule is CNCC(C)C(=O)NCc1ccc(COC)cc1. The summed E-state index contributed by atoms with van der Waals surface area (Å²) in [6.45, 7) is 3.79. The van der Waals surface area contributed by atoms with Crippen molar-refractivity contribution in [3.8, 4) is 0 Å². The maximum Gasteiger partial charge on any atom is 0.224 e. The van der Waals surface area contributed by atoms with Crippen LogP contribution in [0.2, 0.25) is 0 Å². The van der Waals surface area contributed by atoms with E-state index in [0.717, 1.165) is 11.1 Å². The van der Waals surface area contributed by atoms with Gasteiger partial charge in [0.15, 0.2) is 0 Å². The Kier molecular flexibility index (Phi) is 6.39. The van der Waals surface area contributed by atoms with Gasteiger partial charge in [-0.05, 0) is 18.2 Å². The average Bonchev–Trinajstić information content (AvgIpc) is 2.38. The van der Waals surface area contributed by atoms with Crippen LogP contribution >= 0.6 is 0 Å². The summed E-state index contributed by atoms with van der Waals surface area (Å²) in [6.07, 6.45) is 0. The molecule has 1 unspecified atom stereocenters. The lowest BCUT2D eigenvalue weighted by Crippen LogP contribution is -2.33. The zero-order chi connectivity index (χ0) is 13.4. The first kappa shape index (κ1) is 14.7. The van der Waals surface area contributed by atoms with E-state index in [0.29, 0.717) is 19.7 Å². The van der Waals surface area contributed by atoms with Crippen molar-refractivity contribution >= 4 is 5.91 Å². The van der Waals surface area contributed by atoms with Gasteiger partial charge in [0.05, 0.1) is 6.61 Å². The van der Waals surface area contributed by atoms with Crippen molar-refractivity contribution in [1.82, 2.24) is 10.6 Å². The second-order valence-electron chi connectivity index (χ2n) is 4.43. The Morgan fingerprint density at radius 2 is 1.89 bits per heavy atom. The minimum absolute atomic E-state index is 0.0113. The van der Waals surface area contributed by atoms with Crippen LogP contribution in [0.5, 0.6) is 0 Å². The van der Waals surface area contributed by atoms with Gasteiger partial charge in [-0.2, -0.15) is 0 Å². The summed E-state index contributed by atoms with van der Waals surface area (Å²) < 4.78 is 5.05. The number of ether oxygens (including phenoxy) is 1. The molecular weight excluding hydrogens is 228 g/mol. The first-order valence-corrected chi connectivity index (χ1v) is 6.16. The number of carbonyl (C=O) groups is 1. The topological polar surface area (TPSA) is 50.4 Å². The van der Waals surface area contributed by atoms with Crippen molar-refractivity contribution in [1.29, 1.82) is 0 Å². The fraction of sp³-hybridized carbons (Fsp3) is 0.500. The third-order valence-electron chi connectivity index (χ3n) is 2.76. The third-order valence-corrected chi connectivity index (χ3v) is 2.76. The summed E-state index contributed by atoms with van der Waals surface area (Å²) in [5.74, 6) is 0.0630. The maximum atomic E-state index is 11.7. The predicted octanol–water partition coefficient (Wildman–Crippen LogP) is 1.30. The first-order valence-electron chi connectivity index (χ1n) is 6.16. The van der Waals surface area contributed by atoms with Gasteiger partial charge in [0.1, 0.15) is 0 Å². The molecule has 1 amide bonds. The molecule has 0 aliphatic carbocycles. The Balaban J connectivity index is 2.41. The molecule has 1 atom stereocenters. The van der Waals surface area contributed by atoms with Gasteiger partial charge >= 0.3 is 0 Å². The number of methoxy groups -OCH3 is 1. The van der Waals surface area contributed by atoms with Crippen molar-refractivity contribution in [3.63, 3.8) is 0 Å². The molecule has 0 fully saturated rings. The van der Waals surface area contributed by atoms with Crippen LogP contribution in [0, 0.1) is 5.92 Å². The van der Waals surface area contributed by atoms with E-state index in [-0.39, 0.29) is 11.8 Å². The Morgan fingerprint density at radius 1 is 1.28 bits per heavy atom. The van der Waals surface area contributed by atoms with Gasteiger partial charge in [-0.25, -0.2) is 0 Å². The van der Waals surface area contributed by atoms with Crippen molar-refractivity contribution in [2.24, 2.45) is 5.92 Å². The van der Waals surface area contributed by atoms with Gasteiger partial charge in [-0.1, -0.05) is 31.2 Å². The fourth-order valence-corrected chi connectivity index (χ4v) is 1.68. The molecule has 0 radical (unpaired) electrons. The minimum Gasteiger partial charge on any atom is -0.380 e. The van der Waals surface area contributed by atoms with Crippen molar-refractivity contribution in [3.05, 3.63) is 35.4 Å². The molecule has 2 N–H and O–H groups in total. The molecule has 0 bridgehead atoms. The predicted molar refractivity (Wildman–Crippen MR) is 72.1 cm³/mol. The third kappa shape index (κ3) is 4.85. The number of carbonyl (C=O) groups excluding carboxylic acids is 1. The van der Waals surface area contributed by atoms with Gasteiger partial charge in [0, 0.05) is 26.1 Å². The summed E-state index contributed by atoms with van der Waals surface area (Å²) in [7, 11) is 3.52. The average molecular weight is 250 g/mol. The number of hydrogen-bond acceptors (Lipinski definition) is 3. The molecular formula is C14H22N2O2. The van der Waals surface area contributed by atoms with E-state index >= 15 is 0 Å². The highest BCUT2D eigenvalue weighted by Crippen LogP contribution is 2.05. The minimum atomic E-state index is -0.0113. The number of rotatable bonds is 7. The lowest BCUT2D eigenvalue weighted by Gasteiger charge is -2.11. The molecule has 4 heteroatoms. The second-order valence-corrected chi connectivity index (χ2v) is 4.43. The quantitative estimate of drug-likeness (QED) is 0.767. The standard InChI is InChI=1S/C14H22N2O2/c1-11(8-15-2)14(17)16-9-12-4-6-13(7-5-12)10-18-3/h4-7,11,15H,8-10H2,1-3H3,(H,16,17). The van der Waals surface area contributed by atoms with E-state index in [4.69, 9.17) is 4.74 Å². The Morgan fingerprint density at radius 3 is 2.44 bits per heavy atom. The molecule has 1 rings (SSSR count). The summed E-state index contributed by atoms with van der Waals surface area (Å²) >= 11 is 0. The lowest BCUT2D eigenvalue weighted by molar-refractivity contribution is -0.124. The van der Waals surface area contributed by atoms with Gasteiger partial charge in [-0.3, -0.25) is 4.79 Å². The normalized spacial score (nSPS) is 12.2. The second kappa shape index (κ2) is 7.84. The van der Waals surface area contributed by atoms with E-state index in [9.17, 15) is 4.79 Å². The summed E-state index contributed by atoms with van der Waals surface area (Å²) in [4.78, 5) is 11.7. The van der Waals surface area contributed by atoms with Crippen LogP contribution in [0.3, 0.4) is 0 Å². The van der Waals surface area contributed by atoms with Gasteiger partial charge in [-0.15, -0.1) is 0 Å². The number of nitrogens with one attached hydrogen (secondary N) is 2. The Hall–Kier alpha value is -1.39. The molecule has 1 aromatic carbocycles. The molecule has 0 saturated carbocycles.